The van der Waals surface area contributed by atoms with Crippen LogP contribution in [0, 0.1) is 5.92 Å². The first-order valence-corrected chi connectivity index (χ1v) is 18.2. The quantitative estimate of drug-likeness (QED) is 0.206. The van der Waals surface area contributed by atoms with Crippen LogP contribution < -0.4 is 15.1 Å². The Kier molecular flexibility index (Phi) is 10.5. The van der Waals surface area contributed by atoms with Gasteiger partial charge in [0.25, 0.3) is 5.91 Å². The van der Waals surface area contributed by atoms with Crippen molar-refractivity contribution in [3.8, 4) is 11.4 Å². The minimum Gasteiger partial charge on any atom is -0.481 e. The van der Waals surface area contributed by atoms with E-state index in [9.17, 15) is 19.5 Å². The molecule has 0 bridgehead atoms. The fourth-order valence-electron chi connectivity index (χ4n) is 6.37. The van der Waals surface area contributed by atoms with E-state index in [2.05, 4.69) is 77.0 Å². The second kappa shape index (κ2) is 15.0. The van der Waals surface area contributed by atoms with Crippen LogP contribution in [0.15, 0.2) is 73.1 Å². The molecule has 262 valence electrons. The molecule has 2 N–H and O–H groups in total. The van der Waals surface area contributed by atoms with Crippen molar-refractivity contribution >= 4 is 40.5 Å². The molecule has 2 aliphatic rings. The van der Waals surface area contributed by atoms with Crippen LogP contribution in [0.5, 0.6) is 0 Å². The van der Waals surface area contributed by atoms with Crippen LogP contribution in [0.4, 0.5) is 11.4 Å². The average molecular weight is 695 g/mol. The monoisotopic (exact) mass is 694 g/mol. The van der Waals surface area contributed by atoms with E-state index in [0.29, 0.717) is 10.7 Å². The average Bonchev–Trinajstić information content (AvgIpc) is 3.60. The highest BCUT2D eigenvalue weighted by molar-refractivity contribution is 7.14. The maximum atomic E-state index is 13.5. The molecule has 1 atom stereocenters. The van der Waals surface area contributed by atoms with Crippen molar-refractivity contribution in [2.45, 2.75) is 58.4 Å². The molecule has 0 radical (unpaired) electrons. The lowest BCUT2D eigenvalue weighted by molar-refractivity contribution is -0.153. The van der Waals surface area contributed by atoms with Gasteiger partial charge >= 0.3 is 5.97 Å². The van der Waals surface area contributed by atoms with Gasteiger partial charge in [-0.15, -0.1) is 11.3 Å². The van der Waals surface area contributed by atoms with Gasteiger partial charge in [-0.3, -0.25) is 14.4 Å². The number of nitrogens with zero attached hydrogens (tertiary/aromatic N) is 5. The number of amides is 2. The number of carboxylic acids is 1. The summed E-state index contributed by atoms with van der Waals surface area (Å²) in [5.74, 6) is -1.48. The summed E-state index contributed by atoms with van der Waals surface area (Å²) < 4.78 is 0. The number of aryl methyl sites for hydroxylation is 1. The summed E-state index contributed by atoms with van der Waals surface area (Å²) in [6.45, 7) is 12.4. The van der Waals surface area contributed by atoms with E-state index in [1.807, 2.05) is 42.7 Å². The highest BCUT2D eigenvalue weighted by atomic mass is 32.1. The molecule has 2 saturated heterocycles. The second-order valence-corrected chi connectivity index (χ2v) is 15.4. The Morgan fingerprint density at radius 1 is 0.860 bits per heavy atom. The number of piperazine rings is 1. The molecule has 0 saturated carbocycles. The molecule has 0 spiro atoms. The molecule has 4 heterocycles. The van der Waals surface area contributed by atoms with Crippen molar-refractivity contribution in [3.63, 3.8) is 0 Å². The molecule has 2 amide bonds. The number of hydrogen-bond donors (Lipinski definition) is 2. The summed E-state index contributed by atoms with van der Waals surface area (Å²) in [5.41, 5.74) is 5.26. The second-order valence-electron chi connectivity index (χ2n) is 14.3. The van der Waals surface area contributed by atoms with Crippen LogP contribution in [-0.4, -0.2) is 83.1 Å². The van der Waals surface area contributed by atoms with Crippen LogP contribution in [0.1, 0.15) is 59.8 Å². The molecule has 0 aliphatic carbocycles. The van der Waals surface area contributed by atoms with Crippen molar-refractivity contribution < 1.29 is 19.5 Å². The fourth-order valence-corrected chi connectivity index (χ4v) is 7.34. The molecule has 2 aliphatic heterocycles. The summed E-state index contributed by atoms with van der Waals surface area (Å²) >= 11 is 1.42. The zero-order chi connectivity index (χ0) is 35.4. The van der Waals surface area contributed by atoms with Crippen molar-refractivity contribution in [1.29, 1.82) is 0 Å². The number of carbonyl (C=O) groups is 3. The Morgan fingerprint density at radius 3 is 2.02 bits per heavy atom. The van der Waals surface area contributed by atoms with Gasteiger partial charge in [-0.1, -0.05) is 70.5 Å². The third-order valence-corrected chi connectivity index (χ3v) is 11.0. The summed E-state index contributed by atoms with van der Waals surface area (Å²) in [4.78, 5) is 55.4. The number of thiophene rings is 1. The van der Waals surface area contributed by atoms with E-state index in [-0.39, 0.29) is 36.7 Å². The van der Waals surface area contributed by atoms with E-state index in [1.165, 1.54) is 27.5 Å². The highest BCUT2D eigenvalue weighted by Crippen LogP contribution is 2.30. The first-order chi connectivity index (χ1) is 24.0. The molecular weight excluding hydrogens is 649 g/mol. The maximum absolute atomic E-state index is 13.5. The first-order valence-electron chi connectivity index (χ1n) is 17.4. The molecule has 2 fully saturated rings. The lowest BCUT2D eigenvalue weighted by Gasteiger charge is -2.38. The molecule has 10 nitrogen and oxygen atoms in total. The summed E-state index contributed by atoms with van der Waals surface area (Å²) in [7, 11) is 0. The maximum Gasteiger partial charge on any atom is 0.310 e. The molecule has 50 heavy (non-hydrogen) atoms. The largest absolute Gasteiger partial charge is 0.481 e. The standard InChI is InChI=1S/C39H46N6O4S/c1-5-6-26-9-13-30(14-10-26)43-17-19-44(20-18-43)31-22-40-35(41-23-31)28-11-7-27(8-12-28)21-32(37(47)45-24-29(25-45)38(48)49)42-36(46)33-15-16-34(50-33)39(2,3)4/h7-16,22-23,29,32H,5-6,17-21,24-25H2,1-4H3,(H,42,46)(H,48,49)/t32-/m0/s1. The first kappa shape index (κ1) is 35.1. The Labute approximate surface area is 298 Å². The van der Waals surface area contributed by atoms with Gasteiger partial charge in [-0.2, -0.15) is 0 Å². The molecule has 2 aromatic carbocycles. The van der Waals surface area contributed by atoms with Crippen molar-refractivity contribution in [3.05, 3.63) is 93.9 Å². The van der Waals surface area contributed by atoms with Gasteiger partial charge in [0.2, 0.25) is 5.91 Å². The van der Waals surface area contributed by atoms with E-state index in [0.717, 1.165) is 60.7 Å². The topological polar surface area (TPSA) is 119 Å². The van der Waals surface area contributed by atoms with E-state index in [1.54, 1.807) is 6.07 Å². The predicted molar refractivity (Wildman–Crippen MR) is 198 cm³/mol. The van der Waals surface area contributed by atoms with Gasteiger partial charge in [0.05, 0.1) is 28.9 Å². The predicted octanol–water partition coefficient (Wildman–Crippen LogP) is 5.67. The number of nitrogens with one attached hydrogen (secondary N) is 1. The van der Waals surface area contributed by atoms with Crippen LogP contribution >= 0.6 is 11.3 Å². The minimum absolute atomic E-state index is 0.0928. The van der Waals surface area contributed by atoms with Gasteiger partial charge < -0.3 is 25.1 Å². The number of benzene rings is 2. The van der Waals surface area contributed by atoms with Gasteiger partial charge in [-0.25, -0.2) is 9.97 Å². The SMILES string of the molecule is CCCc1ccc(N2CCN(c3cnc(-c4ccc(C[C@H](NC(=O)c5ccc(C(C)(C)C)s5)C(=O)N5CC(C(=O)O)C5)cc4)nc3)CC2)cc1. The molecular formula is C39H46N6O4S. The Hall–Kier alpha value is -4.77. The van der Waals surface area contributed by atoms with Gasteiger partial charge in [-0.05, 0) is 47.2 Å². The Bertz CT molecular complexity index is 1790. The number of hydrogen-bond acceptors (Lipinski definition) is 8. The normalized spacial score (nSPS) is 15.8. The molecule has 6 rings (SSSR count). The Balaban J connectivity index is 1.08. The molecule has 11 heteroatoms. The molecule has 0 unspecified atom stereocenters. The Morgan fingerprint density at radius 2 is 1.46 bits per heavy atom. The zero-order valence-corrected chi connectivity index (χ0v) is 30.1. The van der Waals surface area contributed by atoms with E-state index in [4.69, 9.17) is 0 Å². The molecule has 4 aromatic rings. The minimum atomic E-state index is -0.917. The number of likely N-dealkylation sites (tertiary alicyclic amines) is 1. The number of aliphatic carboxylic acids is 1. The smallest absolute Gasteiger partial charge is 0.310 e. The van der Waals surface area contributed by atoms with Crippen molar-refractivity contribution in [1.82, 2.24) is 20.2 Å². The van der Waals surface area contributed by atoms with Gasteiger partial charge in [0.1, 0.15) is 6.04 Å². The van der Waals surface area contributed by atoms with Crippen LogP contribution in [-0.2, 0) is 27.8 Å². The number of carbonyl (C=O) groups excluding carboxylic acids is 2. The number of rotatable bonds is 11. The van der Waals surface area contributed by atoms with Gasteiger partial charge in [0, 0.05) is 61.8 Å². The van der Waals surface area contributed by atoms with E-state index >= 15 is 0 Å². The summed E-state index contributed by atoms with van der Waals surface area (Å²) in [5, 5.41) is 12.3. The lowest BCUT2D eigenvalue weighted by atomic mass is 9.95. The lowest BCUT2D eigenvalue weighted by Crippen LogP contribution is -2.59. The van der Waals surface area contributed by atoms with Crippen LogP contribution in [0.3, 0.4) is 0 Å². The van der Waals surface area contributed by atoms with Crippen molar-refractivity contribution in [2.75, 3.05) is 49.1 Å². The summed E-state index contributed by atoms with van der Waals surface area (Å²) in [6.07, 6.45) is 6.29. The summed E-state index contributed by atoms with van der Waals surface area (Å²) in [6, 6.07) is 19.5. The van der Waals surface area contributed by atoms with E-state index < -0.39 is 17.9 Å². The third-order valence-electron chi connectivity index (χ3n) is 9.49. The van der Waals surface area contributed by atoms with Gasteiger partial charge in [0.15, 0.2) is 5.82 Å². The number of carboxylic acid groups (broad SMARTS) is 1. The van der Waals surface area contributed by atoms with Crippen LogP contribution in [0.2, 0.25) is 0 Å². The number of anilines is 2. The highest BCUT2D eigenvalue weighted by Gasteiger charge is 2.39. The number of aromatic nitrogens is 2. The zero-order valence-electron chi connectivity index (χ0n) is 29.3. The van der Waals surface area contributed by atoms with Crippen LogP contribution in [0.25, 0.3) is 11.4 Å². The fraction of sp³-hybridized carbons (Fsp3) is 0.410. The third kappa shape index (κ3) is 8.16. The van der Waals surface area contributed by atoms with Crippen molar-refractivity contribution in [2.24, 2.45) is 5.92 Å². The molecule has 2 aromatic heterocycles.